The molecular formula is C15H16N4S. The number of hydrogen-bond donors (Lipinski definition) is 2. The van der Waals surface area contributed by atoms with Crippen LogP contribution in [-0.4, -0.2) is 16.5 Å². The van der Waals surface area contributed by atoms with Crippen LogP contribution in [0.25, 0.3) is 10.9 Å². The Hall–Kier alpha value is -2.14. The first-order valence-electron chi connectivity index (χ1n) is 6.62. The lowest BCUT2D eigenvalue weighted by molar-refractivity contribution is 1.08. The molecule has 0 spiro atoms. The summed E-state index contributed by atoms with van der Waals surface area (Å²) in [6.45, 7) is 3.62. The smallest absolute Gasteiger partial charge is 0.225 e. The summed E-state index contributed by atoms with van der Waals surface area (Å²) in [5.41, 5.74) is 2.22. The lowest BCUT2D eigenvalue weighted by atomic mass is 10.2. The fourth-order valence-corrected chi connectivity index (χ4v) is 2.70. The van der Waals surface area contributed by atoms with Gasteiger partial charge < -0.3 is 10.6 Å². The summed E-state index contributed by atoms with van der Waals surface area (Å²) in [4.78, 5) is 9.07. The van der Waals surface area contributed by atoms with Crippen molar-refractivity contribution in [3.05, 3.63) is 46.7 Å². The van der Waals surface area contributed by atoms with Crippen molar-refractivity contribution >= 4 is 34.0 Å². The molecule has 0 radical (unpaired) electrons. The topological polar surface area (TPSA) is 49.8 Å². The van der Waals surface area contributed by atoms with Crippen molar-refractivity contribution in [3.8, 4) is 0 Å². The molecule has 0 amide bonds. The molecule has 0 unspecified atom stereocenters. The first kappa shape index (κ1) is 12.9. The standard InChI is InChI=1S/C15H16N4S/c1-2-16-15-18-13-6-4-3-5-12(13)14(19-15)17-9-11-7-8-20-10-11/h3-8,10H,2,9H2,1H3,(H2,16,17,18,19). The SMILES string of the molecule is CCNc1nc(NCc2ccsc2)c2ccccc2n1. The molecule has 0 saturated carbocycles. The van der Waals surface area contributed by atoms with Crippen LogP contribution in [0.2, 0.25) is 0 Å². The van der Waals surface area contributed by atoms with Gasteiger partial charge in [0.25, 0.3) is 0 Å². The summed E-state index contributed by atoms with van der Waals surface area (Å²) in [6.07, 6.45) is 0. The molecule has 102 valence electrons. The van der Waals surface area contributed by atoms with E-state index < -0.39 is 0 Å². The highest BCUT2D eigenvalue weighted by atomic mass is 32.1. The van der Waals surface area contributed by atoms with Crippen LogP contribution < -0.4 is 10.6 Å². The summed E-state index contributed by atoms with van der Waals surface area (Å²) >= 11 is 1.70. The van der Waals surface area contributed by atoms with Crippen LogP contribution in [0.1, 0.15) is 12.5 Å². The molecule has 2 aromatic heterocycles. The molecule has 0 aliphatic carbocycles. The third-order valence-corrected chi connectivity index (χ3v) is 3.71. The van der Waals surface area contributed by atoms with E-state index in [4.69, 9.17) is 0 Å². The Bertz CT molecular complexity index is 694. The zero-order valence-corrected chi connectivity index (χ0v) is 12.1. The van der Waals surface area contributed by atoms with Crippen molar-refractivity contribution in [3.63, 3.8) is 0 Å². The molecular weight excluding hydrogens is 268 g/mol. The summed E-state index contributed by atoms with van der Waals surface area (Å²) in [7, 11) is 0. The molecule has 0 aliphatic rings. The van der Waals surface area contributed by atoms with E-state index in [-0.39, 0.29) is 0 Å². The van der Waals surface area contributed by atoms with Crippen molar-refractivity contribution in [2.45, 2.75) is 13.5 Å². The van der Waals surface area contributed by atoms with Crippen LogP contribution in [0.4, 0.5) is 11.8 Å². The highest BCUT2D eigenvalue weighted by molar-refractivity contribution is 7.07. The fourth-order valence-electron chi connectivity index (χ4n) is 2.03. The van der Waals surface area contributed by atoms with Gasteiger partial charge in [-0.25, -0.2) is 4.98 Å². The molecule has 5 heteroatoms. The van der Waals surface area contributed by atoms with Crippen LogP contribution in [0.5, 0.6) is 0 Å². The molecule has 3 aromatic rings. The number of anilines is 2. The number of benzene rings is 1. The molecule has 0 atom stereocenters. The Morgan fingerprint density at radius 2 is 2.00 bits per heavy atom. The van der Waals surface area contributed by atoms with E-state index in [0.29, 0.717) is 5.95 Å². The second kappa shape index (κ2) is 5.88. The number of nitrogens with one attached hydrogen (secondary N) is 2. The number of nitrogens with zero attached hydrogens (tertiary/aromatic N) is 2. The average molecular weight is 284 g/mol. The minimum Gasteiger partial charge on any atom is -0.365 e. The van der Waals surface area contributed by atoms with Gasteiger partial charge in [0.15, 0.2) is 0 Å². The predicted octanol–water partition coefficient (Wildman–Crippen LogP) is 3.74. The van der Waals surface area contributed by atoms with Crippen LogP contribution in [0.15, 0.2) is 41.1 Å². The molecule has 0 fully saturated rings. The number of para-hydroxylation sites is 1. The molecule has 2 N–H and O–H groups in total. The predicted molar refractivity (Wildman–Crippen MR) is 85.3 cm³/mol. The van der Waals surface area contributed by atoms with Gasteiger partial charge in [-0.3, -0.25) is 0 Å². The van der Waals surface area contributed by atoms with Gasteiger partial charge in [-0.05, 0) is 41.4 Å². The maximum absolute atomic E-state index is 4.56. The first-order valence-corrected chi connectivity index (χ1v) is 7.56. The number of rotatable bonds is 5. The summed E-state index contributed by atoms with van der Waals surface area (Å²) in [5, 5.41) is 11.8. The molecule has 1 aromatic carbocycles. The molecule has 4 nitrogen and oxygen atoms in total. The summed E-state index contributed by atoms with van der Waals surface area (Å²) in [6, 6.07) is 10.2. The number of thiophene rings is 1. The lowest BCUT2D eigenvalue weighted by Gasteiger charge is -2.10. The maximum Gasteiger partial charge on any atom is 0.225 e. The van der Waals surface area contributed by atoms with Crippen molar-refractivity contribution in [2.75, 3.05) is 17.2 Å². The molecule has 20 heavy (non-hydrogen) atoms. The average Bonchev–Trinajstić information content (AvgIpc) is 2.98. The van der Waals surface area contributed by atoms with E-state index in [0.717, 1.165) is 29.8 Å². The molecule has 0 bridgehead atoms. The number of fused-ring (bicyclic) bond motifs is 1. The molecule has 0 aliphatic heterocycles. The Kier molecular flexibility index (Phi) is 3.78. The highest BCUT2D eigenvalue weighted by Gasteiger charge is 2.06. The normalized spacial score (nSPS) is 10.7. The van der Waals surface area contributed by atoms with Crippen molar-refractivity contribution in [1.82, 2.24) is 9.97 Å². The molecule has 3 rings (SSSR count). The Labute approximate surface area is 121 Å². The van der Waals surface area contributed by atoms with E-state index >= 15 is 0 Å². The van der Waals surface area contributed by atoms with E-state index in [1.54, 1.807) is 11.3 Å². The van der Waals surface area contributed by atoms with Crippen LogP contribution >= 0.6 is 11.3 Å². The van der Waals surface area contributed by atoms with Gasteiger partial charge in [0.1, 0.15) is 5.82 Å². The van der Waals surface area contributed by atoms with Gasteiger partial charge in [-0.2, -0.15) is 16.3 Å². The van der Waals surface area contributed by atoms with Crippen LogP contribution in [0.3, 0.4) is 0 Å². The second-order valence-electron chi connectivity index (χ2n) is 4.43. The Morgan fingerprint density at radius 1 is 1.10 bits per heavy atom. The van der Waals surface area contributed by atoms with Gasteiger partial charge >= 0.3 is 0 Å². The summed E-state index contributed by atoms with van der Waals surface area (Å²) < 4.78 is 0. The highest BCUT2D eigenvalue weighted by Crippen LogP contribution is 2.22. The minimum atomic E-state index is 0.666. The van der Waals surface area contributed by atoms with Gasteiger partial charge in [-0.1, -0.05) is 12.1 Å². The first-order chi connectivity index (χ1) is 9.86. The van der Waals surface area contributed by atoms with E-state index in [1.807, 2.05) is 31.2 Å². The van der Waals surface area contributed by atoms with E-state index in [2.05, 4.69) is 37.4 Å². The monoisotopic (exact) mass is 284 g/mol. The van der Waals surface area contributed by atoms with Gasteiger partial charge in [0, 0.05) is 18.5 Å². The Balaban J connectivity index is 1.94. The Morgan fingerprint density at radius 3 is 2.80 bits per heavy atom. The van der Waals surface area contributed by atoms with Crippen molar-refractivity contribution in [1.29, 1.82) is 0 Å². The van der Waals surface area contributed by atoms with E-state index in [1.165, 1.54) is 5.56 Å². The van der Waals surface area contributed by atoms with Gasteiger partial charge in [0.2, 0.25) is 5.95 Å². The minimum absolute atomic E-state index is 0.666. The lowest BCUT2D eigenvalue weighted by Crippen LogP contribution is -2.07. The molecule has 2 heterocycles. The van der Waals surface area contributed by atoms with Crippen LogP contribution in [0, 0.1) is 0 Å². The van der Waals surface area contributed by atoms with Gasteiger partial charge in [0.05, 0.1) is 5.52 Å². The maximum atomic E-state index is 4.56. The zero-order valence-electron chi connectivity index (χ0n) is 11.3. The zero-order chi connectivity index (χ0) is 13.8. The summed E-state index contributed by atoms with van der Waals surface area (Å²) in [5.74, 6) is 1.54. The fraction of sp³-hybridized carbons (Fsp3) is 0.200. The second-order valence-corrected chi connectivity index (χ2v) is 5.21. The van der Waals surface area contributed by atoms with Crippen molar-refractivity contribution in [2.24, 2.45) is 0 Å². The quantitative estimate of drug-likeness (QED) is 0.749. The van der Waals surface area contributed by atoms with Crippen molar-refractivity contribution < 1.29 is 0 Å². The van der Waals surface area contributed by atoms with E-state index in [9.17, 15) is 0 Å². The van der Waals surface area contributed by atoms with Gasteiger partial charge in [-0.15, -0.1) is 0 Å². The number of aromatic nitrogens is 2. The molecule has 0 saturated heterocycles. The largest absolute Gasteiger partial charge is 0.365 e. The number of hydrogen-bond acceptors (Lipinski definition) is 5. The third kappa shape index (κ3) is 2.72. The third-order valence-electron chi connectivity index (χ3n) is 2.98. The van der Waals surface area contributed by atoms with Crippen LogP contribution in [-0.2, 0) is 6.54 Å².